The van der Waals surface area contributed by atoms with E-state index in [1.165, 1.54) is 0 Å². The molecule has 0 fully saturated rings. The van der Waals surface area contributed by atoms with Gasteiger partial charge in [-0.3, -0.25) is 10.5 Å². The van der Waals surface area contributed by atoms with Gasteiger partial charge in [0, 0.05) is 15.5 Å². The first kappa shape index (κ1) is 14.9. The Balaban J connectivity index is 1.92. The number of thiophene rings is 1. The molecule has 0 saturated carbocycles. The molecule has 1 aromatic carbocycles. The van der Waals surface area contributed by atoms with Crippen LogP contribution >= 0.6 is 22.9 Å². The first-order chi connectivity index (χ1) is 11.7. The van der Waals surface area contributed by atoms with Gasteiger partial charge in [-0.15, -0.1) is 16.4 Å². The summed E-state index contributed by atoms with van der Waals surface area (Å²) < 4.78 is 5.49. The Hall–Kier alpha value is -2.62. The molecule has 1 aliphatic heterocycles. The van der Waals surface area contributed by atoms with E-state index < -0.39 is 5.92 Å². The molecule has 3 heterocycles. The summed E-state index contributed by atoms with van der Waals surface area (Å²) in [5.74, 6) is -0.678. The summed E-state index contributed by atoms with van der Waals surface area (Å²) in [5, 5.41) is 27.4. The van der Waals surface area contributed by atoms with Crippen molar-refractivity contribution in [2.75, 3.05) is 0 Å². The van der Waals surface area contributed by atoms with E-state index >= 15 is 0 Å². The first-order valence-electron chi connectivity index (χ1n) is 7.22. The molecular weight excluding hydrogens is 344 g/mol. The van der Waals surface area contributed by atoms with Crippen LogP contribution in [0.4, 0.5) is 0 Å². The maximum atomic E-state index is 9.58. The fourth-order valence-electron chi connectivity index (χ4n) is 2.93. The summed E-state index contributed by atoms with van der Waals surface area (Å²) >= 11 is 7.53. The lowest BCUT2D eigenvalue weighted by atomic mass is 9.82. The van der Waals surface area contributed by atoms with E-state index in [4.69, 9.17) is 21.7 Å². The van der Waals surface area contributed by atoms with Crippen LogP contribution < -0.4 is 4.74 Å². The number of ether oxygens (including phenoxy) is 1. The molecule has 0 amide bonds. The van der Waals surface area contributed by atoms with Gasteiger partial charge >= 0.3 is 0 Å². The van der Waals surface area contributed by atoms with E-state index in [0.717, 1.165) is 21.7 Å². The van der Waals surface area contributed by atoms with Crippen LogP contribution in [0.3, 0.4) is 0 Å². The van der Waals surface area contributed by atoms with Crippen LogP contribution in [-0.2, 0) is 0 Å². The number of rotatable bonds is 2. The molecule has 2 aromatic heterocycles. The van der Waals surface area contributed by atoms with Crippen molar-refractivity contribution in [3.8, 4) is 23.2 Å². The topological polar surface area (TPSA) is 85.6 Å². The fourth-order valence-corrected chi connectivity index (χ4v) is 3.93. The molecule has 4 rings (SSSR count). The van der Waals surface area contributed by atoms with E-state index in [-0.39, 0.29) is 11.8 Å². The second-order valence-electron chi connectivity index (χ2n) is 5.39. The lowest BCUT2D eigenvalue weighted by molar-refractivity contribution is 0.439. The minimum Gasteiger partial charge on any atom is -0.422 e. The van der Waals surface area contributed by atoms with E-state index in [0.29, 0.717) is 10.9 Å². The summed E-state index contributed by atoms with van der Waals surface area (Å²) in [6.45, 7) is 0. The molecule has 118 valence electrons. The largest absolute Gasteiger partial charge is 0.422 e. The molecule has 3 aromatic rings. The first-order valence-corrected chi connectivity index (χ1v) is 8.48. The van der Waals surface area contributed by atoms with Crippen molar-refractivity contribution >= 4 is 28.8 Å². The molecular formula is C17H11ClN4OS. The van der Waals surface area contributed by atoms with Gasteiger partial charge in [-0.25, -0.2) is 0 Å². The highest BCUT2D eigenvalue weighted by atomic mass is 35.5. The van der Waals surface area contributed by atoms with Crippen molar-refractivity contribution < 1.29 is 4.74 Å². The van der Waals surface area contributed by atoms with Crippen molar-refractivity contribution in [3.63, 3.8) is 0 Å². The molecule has 2 N–H and O–H groups in total. The number of hydrogen-bond donors (Lipinski definition) is 2. The van der Waals surface area contributed by atoms with Crippen LogP contribution in [-0.4, -0.2) is 16.1 Å². The smallest absolute Gasteiger partial charge is 0.244 e. The lowest BCUT2D eigenvalue weighted by Crippen LogP contribution is -2.30. The minimum absolute atomic E-state index is 0.0717. The molecule has 0 bridgehead atoms. The summed E-state index contributed by atoms with van der Waals surface area (Å²) in [4.78, 5) is 1.01. The number of nitriles is 1. The van der Waals surface area contributed by atoms with Crippen molar-refractivity contribution in [2.24, 2.45) is 5.92 Å². The number of halogens is 1. The molecule has 2 atom stereocenters. The van der Waals surface area contributed by atoms with Gasteiger partial charge in [0.15, 0.2) is 0 Å². The fraction of sp³-hybridized carbons (Fsp3) is 0.118. The Bertz CT molecular complexity index is 940. The number of nitrogens with one attached hydrogen (secondary N) is 2. The number of benzene rings is 1. The number of aromatic amines is 1. The number of nitrogens with zero attached hydrogens (tertiary/aromatic N) is 2. The van der Waals surface area contributed by atoms with Gasteiger partial charge in [0.05, 0.1) is 23.2 Å². The molecule has 0 spiro atoms. The Morgan fingerprint density at radius 1 is 1.29 bits per heavy atom. The average molecular weight is 355 g/mol. The average Bonchev–Trinajstić information content (AvgIpc) is 3.24. The van der Waals surface area contributed by atoms with Crippen LogP contribution in [0.2, 0.25) is 5.02 Å². The van der Waals surface area contributed by atoms with Gasteiger partial charge < -0.3 is 4.74 Å². The molecule has 2 unspecified atom stereocenters. The highest BCUT2D eigenvalue weighted by molar-refractivity contribution is 7.10. The third-order valence-electron chi connectivity index (χ3n) is 4.02. The summed E-state index contributed by atoms with van der Waals surface area (Å²) in [6, 6.07) is 13.5. The van der Waals surface area contributed by atoms with Crippen LogP contribution in [0.5, 0.6) is 5.88 Å². The van der Waals surface area contributed by atoms with Gasteiger partial charge in [0.2, 0.25) is 11.8 Å². The third-order valence-corrected chi connectivity index (χ3v) is 5.23. The maximum Gasteiger partial charge on any atom is 0.244 e. The zero-order chi connectivity index (χ0) is 16.7. The third kappa shape index (κ3) is 2.30. The van der Waals surface area contributed by atoms with Gasteiger partial charge in [0.1, 0.15) is 5.92 Å². The van der Waals surface area contributed by atoms with Crippen molar-refractivity contribution in [1.29, 1.82) is 10.7 Å². The Morgan fingerprint density at radius 3 is 2.75 bits per heavy atom. The Labute approximate surface area is 147 Å². The van der Waals surface area contributed by atoms with Crippen LogP contribution in [0, 0.1) is 22.7 Å². The van der Waals surface area contributed by atoms with E-state index in [2.05, 4.69) is 16.3 Å². The zero-order valence-electron chi connectivity index (χ0n) is 12.3. The second-order valence-corrected chi connectivity index (χ2v) is 6.81. The quantitative estimate of drug-likeness (QED) is 0.713. The number of fused-ring (bicyclic) bond motifs is 1. The van der Waals surface area contributed by atoms with Crippen LogP contribution in [0.15, 0.2) is 41.8 Å². The van der Waals surface area contributed by atoms with Gasteiger partial charge in [-0.1, -0.05) is 29.8 Å². The zero-order valence-corrected chi connectivity index (χ0v) is 13.9. The highest BCUT2D eigenvalue weighted by Gasteiger charge is 2.41. The van der Waals surface area contributed by atoms with E-state index in [1.54, 1.807) is 23.5 Å². The maximum absolute atomic E-state index is 9.58. The highest BCUT2D eigenvalue weighted by Crippen LogP contribution is 2.46. The Kier molecular flexibility index (Phi) is 3.60. The van der Waals surface area contributed by atoms with Crippen molar-refractivity contribution in [1.82, 2.24) is 10.2 Å². The molecule has 0 saturated heterocycles. The van der Waals surface area contributed by atoms with Gasteiger partial charge in [-0.05, 0) is 23.6 Å². The predicted molar refractivity (Wildman–Crippen MR) is 92.7 cm³/mol. The van der Waals surface area contributed by atoms with Gasteiger partial charge in [-0.2, -0.15) is 5.26 Å². The van der Waals surface area contributed by atoms with Crippen molar-refractivity contribution in [2.45, 2.75) is 5.92 Å². The minimum atomic E-state index is -0.681. The molecule has 7 heteroatoms. The summed E-state index contributed by atoms with van der Waals surface area (Å²) in [7, 11) is 0. The van der Waals surface area contributed by atoms with Gasteiger partial charge in [0.25, 0.3) is 0 Å². The monoisotopic (exact) mass is 354 g/mol. The summed E-state index contributed by atoms with van der Waals surface area (Å²) in [6.07, 6.45) is 0. The Morgan fingerprint density at radius 2 is 2.08 bits per heavy atom. The van der Waals surface area contributed by atoms with Crippen LogP contribution in [0.25, 0.3) is 11.3 Å². The van der Waals surface area contributed by atoms with E-state index in [9.17, 15) is 5.26 Å². The number of aromatic nitrogens is 2. The normalized spacial score (nSPS) is 19.4. The number of hydrogen-bond acceptors (Lipinski definition) is 5. The molecule has 24 heavy (non-hydrogen) atoms. The molecule has 0 aliphatic carbocycles. The SMILES string of the molecule is N#CC1C(=N)Oc2n[nH]c(-c3ccc(Cl)cc3)c2C1c1cccs1. The second kappa shape index (κ2) is 5.78. The van der Waals surface area contributed by atoms with Crippen molar-refractivity contribution in [3.05, 3.63) is 57.2 Å². The summed E-state index contributed by atoms with van der Waals surface area (Å²) in [5.41, 5.74) is 2.50. The van der Waals surface area contributed by atoms with Crippen LogP contribution in [0.1, 0.15) is 16.4 Å². The number of H-pyrrole nitrogens is 1. The van der Waals surface area contributed by atoms with E-state index in [1.807, 2.05) is 29.6 Å². The predicted octanol–water partition coefficient (Wildman–Crippen LogP) is 4.43. The molecule has 1 aliphatic rings. The molecule has 0 radical (unpaired) electrons. The lowest BCUT2D eigenvalue weighted by Gasteiger charge is -2.27. The standard InChI is InChI=1S/C17H11ClN4OS/c18-10-5-3-9(4-6-10)15-14-13(12-2-1-7-24-12)11(8-19)16(20)23-17(14)22-21-15/h1-7,11,13,20H,(H,21,22). The molecule has 5 nitrogen and oxygen atoms in total.